The van der Waals surface area contributed by atoms with Gasteiger partial charge in [0.2, 0.25) is 11.8 Å². The number of amides is 2. The first-order chi connectivity index (χ1) is 12.2. The first-order valence-electron chi connectivity index (χ1n) is 9.16. The smallest absolute Gasteiger partial charge is 0.242 e. The van der Waals surface area contributed by atoms with Crippen molar-refractivity contribution in [3.63, 3.8) is 0 Å². The summed E-state index contributed by atoms with van der Waals surface area (Å²) in [5.74, 6) is 0.669. The van der Waals surface area contributed by atoms with E-state index in [1.165, 1.54) is 11.0 Å². The molecule has 3 rings (SSSR count). The van der Waals surface area contributed by atoms with Crippen LogP contribution in [0.5, 0.6) is 0 Å². The fraction of sp³-hybridized carbons (Fsp3) is 0.812. The standard InChI is InChI=1S/C16H27N7O2/c1-2-4-13-9-21(7-8-22-6-3-5-16(22)25)10-14(13)18-15(24)11-23-12-17-19-20-23/h12-14H,2-11H2,1H3,(H,18,24)/t13-,14-/m0/s1. The van der Waals surface area contributed by atoms with Gasteiger partial charge in [0.25, 0.3) is 0 Å². The zero-order valence-corrected chi connectivity index (χ0v) is 14.8. The predicted octanol–water partition coefficient (Wildman–Crippen LogP) is -0.488. The predicted molar refractivity (Wildman–Crippen MR) is 90.4 cm³/mol. The highest BCUT2D eigenvalue weighted by atomic mass is 16.2. The van der Waals surface area contributed by atoms with Crippen molar-refractivity contribution in [3.8, 4) is 0 Å². The number of tetrazole rings is 1. The molecule has 2 atom stereocenters. The van der Waals surface area contributed by atoms with Crippen LogP contribution in [0, 0.1) is 5.92 Å². The molecular formula is C16H27N7O2. The summed E-state index contributed by atoms with van der Waals surface area (Å²) >= 11 is 0. The summed E-state index contributed by atoms with van der Waals surface area (Å²) in [6, 6.07) is 0.151. The Morgan fingerprint density at radius 3 is 2.92 bits per heavy atom. The van der Waals surface area contributed by atoms with Crippen LogP contribution < -0.4 is 5.32 Å². The Hall–Kier alpha value is -2.03. The van der Waals surface area contributed by atoms with E-state index in [1.54, 1.807) is 0 Å². The molecule has 0 bridgehead atoms. The van der Waals surface area contributed by atoms with Gasteiger partial charge in [0, 0.05) is 45.2 Å². The van der Waals surface area contributed by atoms with Crippen molar-refractivity contribution in [3.05, 3.63) is 6.33 Å². The number of hydrogen-bond donors (Lipinski definition) is 1. The summed E-state index contributed by atoms with van der Waals surface area (Å²) in [5, 5.41) is 14.0. The molecule has 0 unspecified atom stereocenters. The molecule has 0 aromatic carbocycles. The van der Waals surface area contributed by atoms with E-state index in [0.29, 0.717) is 12.3 Å². The summed E-state index contributed by atoms with van der Waals surface area (Å²) in [7, 11) is 0. The van der Waals surface area contributed by atoms with E-state index < -0.39 is 0 Å². The third kappa shape index (κ3) is 4.75. The molecule has 2 fully saturated rings. The molecule has 0 saturated carbocycles. The van der Waals surface area contributed by atoms with Crippen molar-refractivity contribution in [2.75, 3.05) is 32.7 Å². The SMILES string of the molecule is CCC[C@H]1CN(CCN2CCCC2=O)C[C@@H]1NC(=O)Cn1cnnn1. The molecule has 2 aliphatic heterocycles. The molecule has 138 valence electrons. The maximum atomic E-state index is 12.2. The zero-order chi connectivity index (χ0) is 17.6. The summed E-state index contributed by atoms with van der Waals surface area (Å²) in [5.41, 5.74) is 0. The van der Waals surface area contributed by atoms with Gasteiger partial charge < -0.3 is 10.2 Å². The van der Waals surface area contributed by atoms with Gasteiger partial charge in [0.15, 0.2) is 0 Å². The third-order valence-electron chi connectivity index (χ3n) is 5.08. The lowest BCUT2D eigenvalue weighted by atomic mass is 9.98. The van der Waals surface area contributed by atoms with Crippen LogP contribution >= 0.6 is 0 Å². The minimum absolute atomic E-state index is 0.0602. The van der Waals surface area contributed by atoms with Crippen molar-refractivity contribution in [1.82, 2.24) is 35.3 Å². The molecular weight excluding hydrogens is 322 g/mol. The van der Waals surface area contributed by atoms with Crippen molar-refractivity contribution >= 4 is 11.8 Å². The maximum Gasteiger partial charge on any atom is 0.242 e. The van der Waals surface area contributed by atoms with Gasteiger partial charge in [0.1, 0.15) is 12.9 Å². The first kappa shape index (κ1) is 17.8. The second kappa shape index (κ2) is 8.37. The van der Waals surface area contributed by atoms with Gasteiger partial charge in [0.05, 0.1) is 0 Å². The fourth-order valence-corrected chi connectivity index (χ4v) is 3.82. The lowest BCUT2D eigenvalue weighted by Crippen LogP contribution is -2.42. The summed E-state index contributed by atoms with van der Waals surface area (Å²) in [6.45, 7) is 6.70. The van der Waals surface area contributed by atoms with Crippen LogP contribution in [-0.4, -0.2) is 80.6 Å². The molecule has 9 nitrogen and oxygen atoms in total. The van der Waals surface area contributed by atoms with E-state index in [1.807, 2.05) is 4.90 Å². The van der Waals surface area contributed by atoms with Gasteiger partial charge >= 0.3 is 0 Å². The number of hydrogen-bond acceptors (Lipinski definition) is 6. The normalized spacial score (nSPS) is 24.2. The Morgan fingerprint density at radius 2 is 2.24 bits per heavy atom. The van der Waals surface area contributed by atoms with Gasteiger partial charge in [-0.05, 0) is 29.2 Å². The number of nitrogens with one attached hydrogen (secondary N) is 1. The van der Waals surface area contributed by atoms with Crippen molar-refractivity contribution < 1.29 is 9.59 Å². The van der Waals surface area contributed by atoms with Crippen LogP contribution in [0.1, 0.15) is 32.6 Å². The van der Waals surface area contributed by atoms with Crippen LogP contribution in [0.3, 0.4) is 0 Å². The quantitative estimate of drug-likeness (QED) is 0.680. The first-order valence-corrected chi connectivity index (χ1v) is 9.16. The van der Waals surface area contributed by atoms with E-state index in [-0.39, 0.29) is 24.4 Å². The topological polar surface area (TPSA) is 96.2 Å². The van der Waals surface area contributed by atoms with Crippen molar-refractivity contribution in [2.24, 2.45) is 5.92 Å². The molecule has 0 radical (unpaired) electrons. The molecule has 0 spiro atoms. The minimum atomic E-state index is -0.0602. The van der Waals surface area contributed by atoms with Gasteiger partial charge in [-0.3, -0.25) is 14.5 Å². The van der Waals surface area contributed by atoms with Crippen LogP contribution in [-0.2, 0) is 16.1 Å². The van der Waals surface area contributed by atoms with Crippen LogP contribution in [0.25, 0.3) is 0 Å². The van der Waals surface area contributed by atoms with E-state index >= 15 is 0 Å². The maximum absolute atomic E-state index is 12.2. The lowest BCUT2D eigenvalue weighted by Gasteiger charge is -2.21. The number of nitrogens with zero attached hydrogens (tertiary/aromatic N) is 6. The van der Waals surface area contributed by atoms with E-state index in [9.17, 15) is 9.59 Å². The summed E-state index contributed by atoms with van der Waals surface area (Å²) in [6.07, 6.45) is 5.30. The lowest BCUT2D eigenvalue weighted by molar-refractivity contribution is -0.127. The van der Waals surface area contributed by atoms with E-state index in [4.69, 9.17) is 0 Å². The Bertz CT molecular complexity index is 577. The largest absolute Gasteiger partial charge is 0.350 e. The second-order valence-corrected chi connectivity index (χ2v) is 6.97. The fourth-order valence-electron chi connectivity index (χ4n) is 3.82. The minimum Gasteiger partial charge on any atom is -0.350 e. The Morgan fingerprint density at radius 1 is 1.36 bits per heavy atom. The van der Waals surface area contributed by atoms with Crippen LogP contribution in [0.4, 0.5) is 0 Å². The highest BCUT2D eigenvalue weighted by Gasteiger charge is 2.33. The highest BCUT2D eigenvalue weighted by Crippen LogP contribution is 2.22. The molecule has 2 aliphatic rings. The molecule has 1 aromatic rings. The molecule has 9 heteroatoms. The van der Waals surface area contributed by atoms with E-state index in [0.717, 1.165) is 52.0 Å². The molecule has 1 aromatic heterocycles. The number of carbonyl (C=O) groups excluding carboxylic acids is 2. The van der Waals surface area contributed by atoms with Crippen LogP contribution in [0.15, 0.2) is 6.33 Å². The summed E-state index contributed by atoms with van der Waals surface area (Å²) < 4.78 is 1.43. The third-order valence-corrected chi connectivity index (χ3v) is 5.08. The monoisotopic (exact) mass is 349 g/mol. The molecule has 2 saturated heterocycles. The molecule has 25 heavy (non-hydrogen) atoms. The Labute approximate surface area is 147 Å². The molecule has 3 heterocycles. The average Bonchev–Trinajstić information content (AvgIpc) is 3.29. The number of aromatic nitrogens is 4. The molecule has 0 aliphatic carbocycles. The molecule has 1 N–H and O–H groups in total. The van der Waals surface area contributed by atoms with E-state index in [2.05, 4.69) is 32.7 Å². The molecule has 2 amide bonds. The van der Waals surface area contributed by atoms with Gasteiger partial charge in [-0.2, -0.15) is 0 Å². The van der Waals surface area contributed by atoms with Gasteiger partial charge in [-0.1, -0.05) is 13.3 Å². The summed E-state index contributed by atoms with van der Waals surface area (Å²) in [4.78, 5) is 28.3. The van der Waals surface area contributed by atoms with Crippen molar-refractivity contribution in [1.29, 1.82) is 0 Å². The van der Waals surface area contributed by atoms with Gasteiger partial charge in [-0.15, -0.1) is 5.10 Å². The van der Waals surface area contributed by atoms with Crippen LogP contribution in [0.2, 0.25) is 0 Å². The number of rotatable bonds is 8. The second-order valence-electron chi connectivity index (χ2n) is 6.97. The zero-order valence-electron chi connectivity index (χ0n) is 14.8. The number of carbonyl (C=O) groups is 2. The van der Waals surface area contributed by atoms with Crippen molar-refractivity contribution in [2.45, 2.75) is 45.2 Å². The van der Waals surface area contributed by atoms with Gasteiger partial charge in [-0.25, -0.2) is 4.68 Å². The number of likely N-dealkylation sites (tertiary alicyclic amines) is 2. The Kier molecular flexibility index (Phi) is 5.95. The highest BCUT2D eigenvalue weighted by molar-refractivity contribution is 5.78. The average molecular weight is 349 g/mol. The Balaban J connectivity index is 1.49.